The molecule has 0 saturated carbocycles. The summed E-state index contributed by atoms with van der Waals surface area (Å²) in [5.41, 5.74) is 7.70. The third kappa shape index (κ3) is 5.52. The maximum absolute atomic E-state index is 5.66. The van der Waals surface area contributed by atoms with Gasteiger partial charge < -0.3 is 0 Å². The topological polar surface area (TPSA) is 38.7 Å². The summed E-state index contributed by atoms with van der Waals surface area (Å²) in [6.07, 6.45) is 4.16. The molecule has 2 heterocycles. The second-order valence-electron chi connectivity index (χ2n) is 15.3. The molecule has 2 aromatic heterocycles. The van der Waals surface area contributed by atoms with E-state index in [0.717, 1.165) is 73.6 Å². The lowest BCUT2D eigenvalue weighted by Gasteiger charge is -2.19. The molecule has 0 aliphatic heterocycles. The second kappa shape index (κ2) is 13.7. The first-order chi connectivity index (χ1) is 29.3. The summed E-state index contributed by atoms with van der Waals surface area (Å²) < 4.78 is 2.53. The maximum Gasteiger partial charge on any atom is 0.165 e. The van der Waals surface area contributed by atoms with E-state index >= 15 is 0 Å². The third-order valence-electron chi connectivity index (χ3n) is 12.0. The molecule has 9 aromatic carbocycles. The first-order valence-corrected chi connectivity index (χ1v) is 21.1. The lowest BCUT2D eigenvalue weighted by Crippen LogP contribution is -2.26. The van der Waals surface area contributed by atoms with Crippen molar-refractivity contribution < 1.29 is 0 Å². The monoisotopic (exact) mass is 769 g/mol. The van der Waals surface area contributed by atoms with E-state index in [1.807, 2.05) is 11.3 Å². The molecule has 0 spiro atoms. The number of rotatable bonds is 5. The van der Waals surface area contributed by atoms with Gasteiger partial charge in [-0.15, -0.1) is 11.3 Å². The molecule has 0 atom stereocenters. The van der Waals surface area contributed by atoms with E-state index in [2.05, 4.69) is 188 Å². The van der Waals surface area contributed by atoms with Gasteiger partial charge in [0.1, 0.15) is 0 Å². The van der Waals surface area contributed by atoms with E-state index < -0.39 is 0 Å². The van der Waals surface area contributed by atoms with Crippen LogP contribution in [-0.2, 0) is 0 Å². The molecule has 0 bridgehead atoms. The molecule has 1 aliphatic rings. The maximum atomic E-state index is 5.66. The van der Waals surface area contributed by atoms with Crippen LogP contribution >= 0.6 is 11.3 Å². The Labute approximate surface area is 344 Å². The van der Waals surface area contributed by atoms with E-state index in [1.54, 1.807) is 0 Å². The van der Waals surface area contributed by atoms with E-state index in [1.165, 1.54) is 47.0 Å². The van der Waals surface area contributed by atoms with Gasteiger partial charge in [-0.05, 0) is 94.9 Å². The number of fused-ring (bicyclic) bond motifs is 7. The number of nitrogens with zero attached hydrogens (tertiary/aromatic N) is 3. The van der Waals surface area contributed by atoms with Gasteiger partial charge in [-0.25, -0.2) is 15.0 Å². The summed E-state index contributed by atoms with van der Waals surface area (Å²) in [4.78, 5) is 16.9. The van der Waals surface area contributed by atoms with Crippen LogP contribution in [0.5, 0.6) is 0 Å². The Bertz CT molecular complexity index is 3450. The minimum absolute atomic E-state index is 0.672. The highest BCUT2D eigenvalue weighted by Crippen LogP contribution is 2.43. The van der Waals surface area contributed by atoms with Crippen LogP contribution in [0, 0.1) is 0 Å². The zero-order valence-corrected chi connectivity index (χ0v) is 32.9. The molecule has 0 amide bonds. The predicted molar refractivity (Wildman–Crippen MR) is 249 cm³/mol. The number of hydrogen-bond donors (Lipinski definition) is 0. The van der Waals surface area contributed by atoms with Gasteiger partial charge in [0.05, 0.1) is 0 Å². The van der Waals surface area contributed by atoms with Gasteiger partial charge in [-0.1, -0.05) is 182 Å². The lowest BCUT2D eigenvalue weighted by molar-refractivity contribution is 0.989. The SMILES string of the molecule is C1=c2c(sc3ccccc23)=C(c2nc(-c3c(-c4cccc5ccccc45)ccc4ccccc34)nc(-c3c(-c4cccc5ccccc45)ccc4ccccc34)n2)CC1. The van der Waals surface area contributed by atoms with Crippen LogP contribution in [0.2, 0.25) is 0 Å². The Morgan fingerprint density at radius 3 is 1.36 bits per heavy atom. The lowest BCUT2D eigenvalue weighted by atomic mass is 9.90. The molecule has 11 aromatic rings. The summed E-state index contributed by atoms with van der Waals surface area (Å²) in [5.74, 6) is 2.08. The van der Waals surface area contributed by atoms with Crippen molar-refractivity contribution >= 4 is 76.2 Å². The van der Waals surface area contributed by atoms with Crippen LogP contribution in [0.15, 0.2) is 182 Å². The van der Waals surface area contributed by atoms with Crippen molar-refractivity contribution in [1.82, 2.24) is 15.0 Å². The van der Waals surface area contributed by atoms with Crippen molar-refractivity contribution in [2.75, 3.05) is 0 Å². The second-order valence-corrected chi connectivity index (χ2v) is 16.4. The van der Waals surface area contributed by atoms with Crippen LogP contribution in [0.3, 0.4) is 0 Å². The average Bonchev–Trinajstić information content (AvgIpc) is 3.69. The number of benzene rings is 9. The Kier molecular flexibility index (Phi) is 7.85. The first-order valence-electron chi connectivity index (χ1n) is 20.2. The van der Waals surface area contributed by atoms with E-state index in [4.69, 9.17) is 15.0 Å². The van der Waals surface area contributed by atoms with Crippen LogP contribution < -0.4 is 9.75 Å². The molecule has 0 N–H and O–H groups in total. The first kappa shape index (κ1) is 33.8. The van der Waals surface area contributed by atoms with E-state index in [9.17, 15) is 0 Å². The smallest absolute Gasteiger partial charge is 0.165 e. The molecule has 0 radical (unpaired) electrons. The zero-order chi connectivity index (χ0) is 38.9. The molecule has 3 nitrogen and oxygen atoms in total. The van der Waals surface area contributed by atoms with Crippen molar-refractivity contribution in [3.05, 3.63) is 198 Å². The number of thiophene rings is 1. The molecular formula is C55H35N3S. The van der Waals surface area contributed by atoms with E-state index in [-0.39, 0.29) is 0 Å². The number of hydrogen-bond acceptors (Lipinski definition) is 4. The highest BCUT2D eigenvalue weighted by atomic mass is 32.1. The van der Waals surface area contributed by atoms with Gasteiger partial charge >= 0.3 is 0 Å². The molecule has 59 heavy (non-hydrogen) atoms. The Morgan fingerprint density at radius 2 is 0.797 bits per heavy atom. The van der Waals surface area contributed by atoms with Crippen LogP contribution in [0.4, 0.5) is 0 Å². The summed E-state index contributed by atoms with van der Waals surface area (Å²) >= 11 is 1.85. The normalized spacial score (nSPS) is 12.7. The van der Waals surface area contributed by atoms with Crippen LogP contribution in [0.1, 0.15) is 18.7 Å². The summed E-state index contributed by atoms with van der Waals surface area (Å²) in [6, 6.07) is 65.4. The van der Waals surface area contributed by atoms with Gasteiger partial charge in [0.25, 0.3) is 0 Å². The van der Waals surface area contributed by atoms with Gasteiger partial charge in [-0.2, -0.15) is 0 Å². The molecule has 276 valence electrons. The molecule has 0 saturated heterocycles. The quantitative estimate of drug-likeness (QED) is 0.175. The fourth-order valence-corrected chi connectivity index (χ4v) is 10.6. The summed E-state index contributed by atoms with van der Waals surface area (Å²) in [6.45, 7) is 0. The third-order valence-corrected chi connectivity index (χ3v) is 13.3. The van der Waals surface area contributed by atoms with Crippen molar-refractivity contribution in [2.45, 2.75) is 12.8 Å². The molecular weight excluding hydrogens is 735 g/mol. The minimum Gasteiger partial charge on any atom is -0.208 e. The Balaban J connectivity index is 1.23. The van der Waals surface area contributed by atoms with Crippen molar-refractivity contribution in [1.29, 1.82) is 0 Å². The molecule has 0 unspecified atom stereocenters. The van der Waals surface area contributed by atoms with Crippen molar-refractivity contribution in [3.63, 3.8) is 0 Å². The van der Waals surface area contributed by atoms with Crippen molar-refractivity contribution in [2.24, 2.45) is 0 Å². The van der Waals surface area contributed by atoms with Crippen LogP contribution in [-0.4, -0.2) is 15.0 Å². The Hall–Kier alpha value is -7.27. The molecule has 12 rings (SSSR count). The minimum atomic E-state index is 0.672. The molecule has 1 aliphatic carbocycles. The highest BCUT2D eigenvalue weighted by molar-refractivity contribution is 7.17. The summed E-state index contributed by atoms with van der Waals surface area (Å²) in [7, 11) is 0. The molecule has 0 fully saturated rings. The molecule has 4 heteroatoms. The fraction of sp³-hybridized carbons (Fsp3) is 0.0364. The summed E-state index contributed by atoms with van der Waals surface area (Å²) in [5, 5.41) is 11.9. The van der Waals surface area contributed by atoms with Gasteiger partial charge in [0.2, 0.25) is 0 Å². The van der Waals surface area contributed by atoms with Crippen molar-refractivity contribution in [3.8, 4) is 45.0 Å². The average molecular weight is 770 g/mol. The zero-order valence-electron chi connectivity index (χ0n) is 32.1. The Morgan fingerprint density at radius 1 is 0.356 bits per heavy atom. The highest BCUT2D eigenvalue weighted by Gasteiger charge is 2.24. The van der Waals surface area contributed by atoms with Crippen LogP contribution in [0.25, 0.3) is 110 Å². The van der Waals surface area contributed by atoms with Gasteiger partial charge in [0, 0.05) is 25.9 Å². The standard InChI is InChI=1S/C55H35N3S/c1-5-20-38-34(14-1)18-11-25-42(38)45-32-30-36-16-3-7-22-40(36)50(45)54-56-53(48-28-13-27-47-44-24-9-10-29-49(44)59-52(47)48)57-55(58-54)51-41-23-8-4-17-37(41)31-33-46(51)43-26-12-19-35-15-2-6-21-39(35)43/h1-12,14-27,29-33H,13,28H2. The predicted octanol–water partition coefficient (Wildman–Crippen LogP) is 13.1. The van der Waals surface area contributed by atoms with E-state index in [0.29, 0.717) is 11.6 Å². The van der Waals surface area contributed by atoms with Gasteiger partial charge in [0.15, 0.2) is 17.5 Å². The fourth-order valence-electron chi connectivity index (χ4n) is 9.31. The van der Waals surface area contributed by atoms with Gasteiger partial charge in [-0.3, -0.25) is 0 Å². The largest absolute Gasteiger partial charge is 0.208 e. The number of aromatic nitrogens is 3.